The molecule has 2 aliphatic heterocycles. The molecule has 2 fully saturated rings. The molecule has 3 heteroatoms. The van der Waals surface area contributed by atoms with Gasteiger partial charge in [-0.05, 0) is 32.4 Å². The second kappa shape index (κ2) is 3.10. The molecule has 2 rings (SSSR count). The third kappa shape index (κ3) is 1.78. The molecule has 0 aromatic carbocycles. The van der Waals surface area contributed by atoms with Crippen LogP contribution in [0.15, 0.2) is 0 Å². The highest BCUT2D eigenvalue weighted by atomic mass is 32.2. The Labute approximate surface area is 83.4 Å². The maximum Gasteiger partial charge on any atom is 0.0741 e. The zero-order valence-corrected chi connectivity index (χ0v) is 9.49. The van der Waals surface area contributed by atoms with Crippen molar-refractivity contribution in [1.29, 1.82) is 0 Å². The summed E-state index contributed by atoms with van der Waals surface area (Å²) >= 11 is 4.25. The predicted octanol–water partition coefficient (Wildman–Crippen LogP) is 2.32. The molecule has 0 radical (unpaired) electrons. The van der Waals surface area contributed by atoms with Crippen LogP contribution in [-0.2, 0) is 0 Å². The summed E-state index contributed by atoms with van der Waals surface area (Å²) in [4.78, 5) is 0.437. The summed E-state index contributed by atoms with van der Waals surface area (Å²) in [6.07, 6.45) is 2.76. The van der Waals surface area contributed by atoms with Crippen LogP contribution in [0.25, 0.3) is 0 Å². The first kappa shape index (κ1) is 9.22. The summed E-state index contributed by atoms with van der Waals surface area (Å²) in [5.74, 6) is 3.94. The van der Waals surface area contributed by atoms with Gasteiger partial charge in [-0.3, -0.25) is 5.32 Å². The average molecular weight is 203 g/mol. The lowest BCUT2D eigenvalue weighted by molar-refractivity contribution is 0.365. The van der Waals surface area contributed by atoms with Gasteiger partial charge in [-0.1, -0.05) is 0 Å². The van der Waals surface area contributed by atoms with Gasteiger partial charge in [0.1, 0.15) is 0 Å². The van der Waals surface area contributed by atoms with Gasteiger partial charge in [0.05, 0.1) is 4.87 Å². The van der Waals surface area contributed by atoms with Crippen LogP contribution in [-0.4, -0.2) is 27.7 Å². The number of thioether (sulfide) groups is 2. The number of hydrogen-bond acceptors (Lipinski definition) is 3. The van der Waals surface area contributed by atoms with Crippen LogP contribution in [0.2, 0.25) is 0 Å². The summed E-state index contributed by atoms with van der Waals surface area (Å²) in [7, 11) is 0. The molecule has 1 spiro atoms. The van der Waals surface area contributed by atoms with E-state index in [4.69, 9.17) is 0 Å². The first-order chi connectivity index (χ1) is 5.62. The first-order valence-corrected chi connectivity index (χ1v) is 6.77. The number of hydrogen-bond donors (Lipinski definition) is 1. The second-order valence-corrected chi connectivity index (χ2v) is 6.91. The first-order valence-electron chi connectivity index (χ1n) is 4.63. The van der Waals surface area contributed by atoms with Crippen molar-refractivity contribution >= 4 is 23.5 Å². The molecular weight excluding hydrogens is 186 g/mol. The van der Waals surface area contributed by atoms with E-state index in [1.807, 2.05) is 0 Å². The average Bonchev–Trinajstić information content (AvgIpc) is 2.29. The lowest BCUT2D eigenvalue weighted by Crippen LogP contribution is -2.49. The quantitative estimate of drug-likeness (QED) is 0.649. The van der Waals surface area contributed by atoms with Gasteiger partial charge in [0.15, 0.2) is 0 Å². The molecule has 1 N–H and O–H groups in total. The Bertz CT molecular complexity index is 173. The zero-order valence-electron chi connectivity index (χ0n) is 7.85. The summed E-state index contributed by atoms with van der Waals surface area (Å²) < 4.78 is 0. The lowest BCUT2D eigenvalue weighted by Gasteiger charge is -2.34. The normalized spacial score (nSPS) is 40.5. The maximum absolute atomic E-state index is 3.79. The Hall–Kier alpha value is 0.660. The topological polar surface area (TPSA) is 12.0 Å². The largest absolute Gasteiger partial charge is 0.296 e. The molecule has 2 aliphatic rings. The number of rotatable bonds is 0. The molecule has 2 heterocycles. The minimum atomic E-state index is 0.364. The molecule has 0 aromatic heterocycles. The predicted molar refractivity (Wildman–Crippen MR) is 59.0 cm³/mol. The van der Waals surface area contributed by atoms with Gasteiger partial charge in [0.2, 0.25) is 0 Å². The van der Waals surface area contributed by atoms with Crippen LogP contribution >= 0.6 is 23.5 Å². The molecule has 1 unspecified atom stereocenters. The van der Waals surface area contributed by atoms with Crippen LogP contribution in [0, 0.1) is 0 Å². The van der Waals surface area contributed by atoms with Gasteiger partial charge in [0, 0.05) is 17.0 Å². The van der Waals surface area contributed by atoms with Gasteiger partial charge in [0.25, 0.3) is 0 Å². The lowest BCUT2D eigenvalue weighted by atomic mass is 10.1. The minimum Gasteiger partial charge on any atom is -0.296 e. The second-order valence-electron chi connectivity index (χ2n) is 4.45. The van der Waals surface area contributed by atoms with E-state index in [9.17, 15) is 0 Å². The van der Waals surface area contributed by atoms with Crippen molar-refractivity contribution in [2.75, 3.05) is 17.3 Å². The summed E-state index contributed by atoms with van der Waals surface area (Å²) in [5.41, 5.74) is 0.364. The highest BCUT2D eigenvalue weighted by Crippen LogP contribution is 2.43. The zero-order chi connectivity index (χ0) is 8.66. The van der Waals surface area contributed by atoms with Crippen molar-refractivity contribution in [1.82, 2.24) is 5.32 Å². The molecular formula is C9H17NS2. The Morgan fingerprint density at radius 2 is 2.08 bits per heavy atom. The molecule has 70 valence electrons. The molecule has 0 aromatic rings. The SMILES string of the molecule is CC1(C)CSC2(CCCSC2)N1. The van der Waals surface area contributed by atoms with Crippen molar-refractivity contribution in [2.24, 2.45) is 0 Å². The molecule has 0 saturated carbocycles. The molecule has 0 amide bonds. The van der Waals surface area contributed by atoms with Crippen molar-refractivity contribution in [3.05, 3.63) is 0 Å². The van der Waals surface area contributed by atoms with Crippen molar-refractivity contribution in [3.8, 4) is 0 Å². The van der Waals surface area contributed by atoms with Gasteiger partial charge >= 0.3 is 0 Å². The third-order valence-electron chi connectivity index (χ3n) is 2.48. The van der Waals surface area contributed by atoms with Gasteiger partial charge in [-0.25, -0.2) is 0 Å². The number of nitrogens with one attached hydrogen (secondary N) is 1. The standard InChI is InChI=1S/C9H17NS2/c1-8(2)6-12-9(10-8)4-3-5-11-7-9/h10H,3-7H2,1-2H3. The smallest absolute Gasteiger partial charge is 0.0741 e. The van der Waals surface area contributed by atoms with E-state index in [1.54, 1.807) is 0 Å². The van der Waals surface area contributed by atoms with Gasteiger partial charge < -0.3 is 0 Å². The Balaban J connectivity index is 2.03. The van der Waals surface area contributed by atoms with Gasteiger partial charge in [-0.15, -0.1) is 11.8 Å². The molecule has 0 aliphatic carbocycles. The van der Waals surface area contributed by atoms with Crippen LogP contribution in [0.5, 0.6) is 0 Å². The van der Waals surface area contributed by atoms with E-state index in [-0.39, 0.29) is 0 Å². The molecule has 0 bridgehead atoms. The van der Waals surface area contributed by atoms with Crippen molar-refractivity contribution in [3.63, 3.8) is 0 Å². The fraction of sp³-hybridized carbons (Fsp3) is 1.00. The third-order valence-corrected chi connectivity index (χ3v) is 5.81. The molecule has 1 nitrogen and oxygen atoms in total. The van der Waals surface area contributed by atoms with Crippen LogP contribution < -0.4 is 5.32 Å². The van der Waals surface area contributed by atoms with E-state index in [0.29, 0.717) is 10.4 Å². The molecule has 12 heavy (non-hydrogen) atoms. The maximum atomic E-state index is 3.79. The Morgan fingerprint density at radius 3 is 2.58 bits per heavy atom. The monoisotopic (exact) mass is 203 g/mol. The summed E-state index contributed by atoms with van der Waals surface area (Å²) in [6.45, 7) is 4.63. The van der Waals surface area contributed by atoms with Gasteiger partial charge in [-0.2, -0.15) is 11.8 Å². The minimum absolute atomic E-state index is 0.364. The van der Waals surface area contributed by atoms with Crippen molar-refractivity contribution in [2.45, 2.75) is 37.1 Å². The van der Waals surface area contributed by atoms with Crippen molar-refractivity contribution < 1.29 is 0 Å². The highest BCUT2D eigenvalue weighted by Gasteiger charge is 2.43. The van der Waals surface area contributed by atoms with E-state index >= 15 is 0 Å². The fourth-order valence-electron chi connectivity index (χ4n) is 1.99. The summed E-state index contributed by atoms with van der Waals surface area (Å²) in [6, 6.07) is 0. The van der Waals surface area contributed by atoms with E-state index in [2.05, 4.69) is 42.7 Å². The highest BCUT2D eigenvalue weighted by molar-refractivity contribution is 8.04. The fourth-order valence-corrected chi connectivity index (χ4v) is 4.96. The van der Waals surface area contributed by atoms with E-state index in [0.717, 1.165) is 0 Å². The summed E-state index contributed by atoms with van der Waals surface area (Å²) in [5, 5.41) is 3.79. The molecule has 1 atom stereocenters. The van der Waals surface area contributed by atoms with Crippen LogP contribution in [0.3, 0.4) is 0 Å². The van der Waals surface area contributed by atoms with Crippen LogP contribution in [0.1, 0.15) is 26.7 Å². The Morgan fingerprint density at radius 1 is 1.25 bits per heavy atom. The van der Waals surface area contributed by atoms with E-state index in [1.165, 1.54) is 30.1 Å². The molecule has 2 saturated heterocycles. The Kier molecular flexibility index (Phi) is 2.39. The van der Waals surface area contributed by atoms with Crippen LogP contribution in [0.4, 0.5) is 0 Å². The van der Waals surface area contributed by atoms with E-state index < -0.39 is 0 Å².